The summed E-state index contributed by atoms with van der Waals surface area (Å²) in [6.07, 6.45) is 0.350. The zero-order chi connectivity index (χ0) is 11.3. The summed E-state index contributed by atoms with van der Waals surface area (Å²) in [6.45, 7) is 5.19. The van der Waals surface area contributed by atoms with Gasteiger partial charge in [0, 0.05) is 23.1 Å². The molecule has 1 aliphatic rings. The smallest absolute Gasteiger partial charge is 0.275 e. The van der Waals surface area contributed by atoms with Crippen LogP contribution >= 0.6 is 0 Å². The summed E-state index contributed by atoms with van der Waals surface area (Å²) < 4.78 is 0. The van der Waals surface area contributed by atoms with Crippen molar-refractivity contribution in [2.75, 3.05) is 0 Å². The molecule has 2 rings (SSSR count). The van der Waals surface area contributed by atoms with Crippen molar-refractivity contribution in [1.82, 2.24) is 0 Å². The lowest BCUT2D eigenvalue weighted by atomic mass is 9.78. The quantitative estimate of drug-likeness (QED) is 0.522. The van der Waals surface area contributed by atoms with E-state index in [-0.39, 0.29) is 16.4 Å². The predicted octanol–water partition coefficient (Wildman–Crippen LogP) is 2.26. The van der Waals surface area contributed by atoms with Gasteiger partial charge in [-0.05, 0) is 31.9 Å². The highest BCUT2D eigenvalue weighted by Gasteiger charge is 2.33. The second kappa shape index (κ2) is 2.89. The van der Waals surface area contributed by atoms with E-state index < -0.39 is 0 Å². The van der Waals surface area contributed by atoms with Crippen LogP contribution in [0.2, 0.25) is 0 Å². The molecule has 0 saturated heterocycles. The summed E-state index contributed by atoms with van der Waals surface area (Å²) in [6, 6.07) is 0. The maximum absolute atomic E-state index is 11.4. The first-order valence-corrected chi connectivity index (χ1v) is 4.75. The SMILES string of the molecule is Cc1c(C)c([N+](=O)[O-])c(C)c2c1C(=O)C2. The molecule has 0 aromatic heterocycles. The molecule has 0 fully saturated rings. The molecule has 78 valence electrons. The Morgan fingerprint density at radius 2 is 1.73 bits per heavy atom. The summed E-state index contributed by atoms with van der Waals surface area (Å²) in [5.74, 6) is 0.101. The Hall–Kier alpha value is -1.71. The second-order valence-electron chi connectivity index (χ2n) is 3.93. The molecular formula is C11H11NO3. The molecule has 0 heterocycles. The highest BCUT2D eigenvalue weighted by Crippen LogP contribution is 2.38. The molecule has 0 aliphatic heterocycles. The molecule has 0 spiro atoms. The topological polar surface area (TPSA) is 60.2 Å². The number of nitro groups is 1. The van der Waals surface area contributed by atoms with Gasteiger partial charge in [0.05, 0.1) is 4.92 Å². The van der Waals surface area contributed by atoms with Gasteiger partial charge in [0.15, 0.2) is 5.78 Å². The Morgan fingerprint density at radius 3 is 2.20 bits per heavy atom. The third-order valence-corrected chi connectivity index (χ3v) is 3.20. The van der Waals surface area contributed by atoms with Crippen molar-refractivity contribution in [3.05, 3.63) is 37.9 Å². The molecule has 0 N–H and O–H groups in total. The molecular weight excluding hydrogens is 194 g/mol. The van der Waals surface area contributed by atoms with Gasteiger partial charge in [0.2, 0.25) is 0 Å². The average molecular weight is 205 g/mol. The number of nitro benzene ring substituents is 1. The first-order chi connectivity index (χ1) is 6.95. The van der Waals surface area contributed by atoms with Crippen LogP contribution in [0.1, 0.15) is 32.6 Å². The minimum atomic E-state index is -0.360. The highest BCUT2D eigenvalue weighted by atomic mass is 16.6. The first-order valence-electron chi connectivity index (χ1n) is 4.75. The Labute approximate surface area is 87.1 Å². The van der Waals surface area contributed by atoms with Gasteiger partial charge in [-0.1, -0.05) is 0 Å². The van der Waals surface area contributed by atoms with Gasteiger partial charge in [-0.15, -0.1) is 0 Å². The van der Waals surface area contributed by atoms with Gasteiger partial charge in [-0.3, -0.25) is 14.9 Å². The van der Waals surface area contributed by atoms with Crippen molar-refractivity contribution in [3.8, 4) is 0 Å². The van der Waals surface area contributed by atoms with Crippen molar-refractivity contribution in [2.24, 2.45) is 0 Å². The number of nitrogens with zero attached hydrogens (tertiary/aromatic N) is 1. The molecule has 0 amide bonds. The molecule has 1 aromatic carbocycles. The standard InChI is InChI=1S/C11H11NO3/c1-5-6(2)11(12(14)15)7(3)8-4-9(13)10(5)8/h4H2,1-3H3. The van der Waals surface area contributed by atoms with Crippen LogP contribution in [0.25, 0.3) is 0 Å². The molecule has 0 atom stereocenters. The maximum Gasteiger partial charge on any atom is 0.275 e. The number of carbonyl (C=O) groups is 1. The van der Waals surface area contributed by atoms with Gasteiger partial charge < -0.3 is 0 Å². The van der Waals surface area contributed by atoms with E-state index in [0.717, 1.165) is 11.1 Å². The van der Waals surface area contributed by atoms with Crippen LogP contribution in [0.4, 0.5) is 5.69 Å². The monoisotopic (exact) mass is 205 g/mol. The van der Waals surface area contributed by atoms with Crippen molar-refractivity contribution >= 4 is 11.5 Å². The van der Waals surface area contributed by atoms with E-state index in [4.69, 9.17) is 0 Å². The van der Waals surface area contributed by atoms with E-state index in [2.05, 4.69) is 0 Å². The highest BCUT2D eigenvalue weighted by molar-refractivity contribution is 6.09. The summed E-state index contributed by atoms with van der Waals surface area (Å²) in [5, 5.41) is 10.9. The van der Waals surface area contributed by atoms with E-state index >= 15 is 0 Å². The van der Waals surface area contributed by atoms with Crippen molar-refractivity contribution in [2.45, 2.75) is 27.2 Å². The van der Waals surface area contributed by atoms with Crippen LogP contribution in [0.5, 0.6) is 0 Å². The fourth-order valence-electron chi connectivity index (χ4n) is 2.22. The number of ketones is 1. The molecule has 4 nitrogen and oxygen atoms in total. The minimum absolute atomic E-state index is 0.101. The zero-order valence-electron chi connectivity index (χ0n) is 8.88. The number of benzene rings is 1. The number of hydrogen-bond donors (Lipinski definition) is 0. The zero-order valence-corrected chi connectivity index (χ0v) is 8.88. The van der Waals surface area contributed by atoms with Crippen LogP contribution in [0.3, 0.4) is 0 Å². The molecule has 1 aliphatic carbocycles. The van der Waals surface area contributed by atoms with Crippen molar-refractivity contribution in [3.63, 3.8) is 0 Å². The molecule has 4 heteroatoms. The number of carbonyl (C=O) groups excluding carboxylic acids is 1. The van der Waals surface area contributed by atoms with Crippen LogP contribution in [-0.4, -0.2) is 10.7 Å². The Kier molecular flexibility index (Phi) is 1.89. The fraction of sp³-hybridized carbons (Fsp3) is 0.364. The number of fused-ring (bicyclic) bond motifs is 1. The third kappa shape index (κ3) is 1.11. The largest absolute Gasteiger partial charge is 0.294 e. The number of Topliss-reactive ketones (excluding diaryl/α,β-unsaturated/α-hetero) is 1. The van der Waals surface area contributed by atoms with Crippen LogP contribution in [-0.2, 0) is 6.42 Å². The van der Waals surface area contributed by atoms with E-state index in [1.54, 1.807) is 20.8 Å². The maximum atomic E-state index is 11.4. The van der Waals surface area contributed by atoms with E-state index in [1.165, 1.54) is 0 Å². The van der Waals surface area contributed by atoms with Gasteiger partial charge in [-0.25, -0.2) is 0 Å². The molecule has 0 unspecified atom stereocenters. The lowest BCUT2D eigenvalue weighted by Gasteiger charge is -2.23. The fourth-order valence-corrected chi connectivity index (χ4v) is 2.22. The summed E-state index contributed by atoms with van der Waals surface area (Å²) >= 11 is 0. The Morgan fingerprint density at radius 1 is 1.13 bits per heavy atom. The predicted molar refractivity (Wildman–Crippen MR) is 55.3 cm³/mol. The lowest BCUT2D eigenvalue weighted by Crippen LogP contribution is -2.23. The number of hydrogen-bond acceptors (Lipinski definition) is 3. The van der Waals surface area contributed by atoms with E-state index in [0.29, 0.717) is 23.1 Å². The van der Waals surface area contributed by atoms with Gasteiger partial charge in [-0.2, -0.15) is 0 Å². The van der Waals surface area contributed by atoms with Crippen LogP contribution < -0.4 is 0 Å². The van der Waals surface area contributed by atoms with Crippen LogP contribution in [0.15, 0.2) is 0 Å². The molecule has 1 aromatic rings. The normalized spacial score (nSPS) is 13.4. The number of rotatable bonds is 1. The molecule has 0 saturated carbocycles. The van der Waals surface area contributed by atoms with Gasteiger partial charge in [0.1, 0.15) is 0 Å². The molecule has 15 heavy (non-hydrogen) atoms. The van der Waals surface area contributed by atoms with E-state index in [9.17, 15) is 14.9 Å². The average Bonchev–Trinajstić information content (AvgIpc) is 2.11. The van der Waals surface area contributed by atoms with Crippen molar-refractivity contribution < 1.29 is 9.72 Å². The lowest BCUT2D eigenvalue weighted by molar-refractivity contribution is -0.386. The minimum Gasteiger partial charge on any atom is -0.294 e. The summed E-state index contributed by atoms with van der Waals surface area (Å²) in [7, 11) is 0. The first kappa shape index (κ1) is 9.83. The Bertz CT molecular complexity index is 480. The summed E-state index contributed by atoms with van der Waals surface area (Å²) in [5.41, 5.74) is 3.75. The second-order valence-corrected chi connectivity index (χ2v) is 3.93. The third-order valence-electron chi connectivity index (χ3n) is 3.20. The van der Waals surface area contributed by atoms with E-state index in [1.807, 2.05) is 0 Å². The van der Waals surface area contributed by atoms with Crippen LogP contribution in [0, 0.1) is 30.9 Å². The Balaban J connectivity index is 2.82. The van der Waals surface area contributed by atoms with Crippen molar-refractivity contribution in [1.29, 1.82) is 0 Å². The summed E-state index contributed by atoms with van der Waals surface area (Å²) in [4.78, 5) is 21.9. The van der Waals surface area contributed by atoms with Gasteiger partial charge >= 0.3 is 0 Å². The molecule has 0 radical (unpaired) electrons. The molecule has 0 bridgehead atoms. The van der Waals surface area contributed by atoms with Gasteiger partial charge in [0.25, 0.3) is 5.69 Å².